The van der Waals surface area contributed by atoms with E-state index in [9.17, 15) is 0 Å². The van der Waals surface area contributed by atoms with Gasteiger partial charge in [-0.2, -0.15) is 5.10 Å². The smallest absolute Gasteiger partial charge is 0.128 e. The number of hydrogen-bond acceptors (Lipinski definition) is 3. The van der Waals surface area contributed by atoms with Gasteiger partial charge in [-0.3, -0.25) is 5.10 Å². The highest BCUT2D eigenvalue weighted by atomic mass is 127. The van der Waals surface area contributed by atoms with E-state index in [-0.39, 0.29) is 0 Å². The summed E-state index contributed by atoms with van der Waals surface area (Å²) in [5.41, 5.74) is 1.12. The van der Waals surface area contributed by atoms with Crippen LogP contribution >= 0.6 is 22.6 Å². The number of aryl methyl sites for hydroxylation is 2. The number of aromatic nitrogens is 4. The third-order valence-corrected chi connectivity index (χ3v) is 2.41. The maximum atomic E-state index is 4.22. The molecular weight excluding hydrogens is 291 g/mol. The standard InChI is InChI=1S/C9H9IN4/c10-7-5-11-9(12-6-7)2-1-8-3-4-13-14-8/h3-6H,1-2H2,(H,13,14). The molecule has 14 heavy (non-hydrogen) atoms. The average Bonchev–Trinajstić information content (AvgIpc) is 2.70. The molecule has 0 aliphatic heterocycles. The van der Waals surface area contributed by atoms with E-state index < -0.39 is 0 Å². The summed E-state index contributed by atoms with van der Waals surface area (Å²) in [6, 6.07) is 1.96. The number of nitrogens with zero attached hydrogens (tertiary/aromatic N) is 3. The molecule has 0 unspecified atom stereocenters. The zero-order chi connectivity index (χ0) is 9.80. The van der Waals surface area contributed by atoms with E-state index in [0.717, 1.165) is 27.9 Å². The van der Waals surface area contributed by atoms with Crippen molar-refractivity contribution in [3.05, 3.63) is 39.7 Å². The first kappa shape index (κ1) is 9.57. The van der Waals surface area contributed by atoms with Crippen LogP contribution in [0.4, 0.5) is 0 Å². The molecule has 2 aromatic rings. The Labute approximate surface area is 95.3 Å². The highest BCUT2D eigenvalue weighted by Crippen LogP contribution is 2.02. The second-order valence-electron chi connectivity index (χ2n) is 2.90. The quantitative estimate of drug-likeness (QED) is 0.876. The van der Waals surface area contributed by atoms with E-state index in [0.29, 0.717) is 0 Å². The van der Waals surface area contributed by atoms with Crippen molar-refractivity contribution in [1.29, 1.82) is 0 Å². The van der Waals surface area contributed by atoms with E-state index in [1.165, 1.54) is 0 Å². The highest BCUT2D eigenvalue weighted by molar-refractivity contribution is 14.1. The highest BCUT2D eigenvalue weighted by Gasteiger charge is 1.98. The first-order valence-corrected chi connectivity index (χ1v) is 5.37. The minimum atomic E-state index is 0.846. The maximum Gasteiger partial charge on any atom is 0.128 e. The molecule has 0 spiro atoms. The van der Waals surface area contributed by atoms with Crippen LogP contribution in [-0.4, -0.2) is 20.2 Å². The molecule has 0 amide bonds. The topological polar surface area (TPSA) is 54.5 Å². The van der Waals surface area contributed by atoms with Crippen LogP contribution in [0.2, 0.25) is 0 Å². The maximum absolute atomic E-state index is 4.22. The normalized spacial score (nSPS) is 10.4. The first-order valence-electron chi connectivity index (χ1n) is 4.29. The van der Waals surface area contributed by atoms with Crippen molar-refractivity contribution in [1.82, 2.24) is 20.2 Å². The summed E-state index contributed by atoms with van der Waals surface area (Å²) in [5, 5.41) is 6.79. The van der Waals surface area contributed by atoms with Gasteiger partial charge in [-0.1, -0.05) is 0 Å². The van der Waals surface area contributed by atoms with Crippen LogP contribution in [0.3, 0.4) is 0 Å². The van der Waals surface area contributed by atoms with Crippen LogP contribution in [-0.2, 0) is 12.8 Å². The van der Waals surface area contributed by atoms with Gasteiger partial charge in [0.1, 0.15) is 5.82 Å². The number of H-pyrrole nitrogens is 1. The molecule has 2 aromatic heterocycles. The van der Waals surface area contributed by atoms with Gasteiger partial charge >= 0.3 is 0 Å². The number of halogens is 1. The second kappa shape index (κ2) is 4.50. The molecule has 0 saturated heterocycles. The monoisotopic (exact) mass is 300 g/mol. The van der Waals surface area contributed by atoms with Crippen LogP contribution in [0.1, 0.15) is 11.5 Å². The fraction of sp³-hybridized carbons (Fsp3) is 0.222. The van der Waals surface area contributed by atoms with Gasteiger partial charge in [-0.05, 0) is 35.1 Å². The summed E-state index contributed by atoms with van der Waals surface area (Å²) in [4.78, 5) is 8.45. The minimum absolute atomic E-state index is 0.846. The van der Waals surface area contributed by atoms with Crippen molar-refractivity contribution in [3.8, 4) is 0 Å². The molecule has 1 N–H and O–H groups in total. The van der Waals surface area contributed by atoms with Gasteiger partial charge in [0.25, 0.3) is 0 Å². The lowest BCUT2D eigenvalue weighted by Gasteiger charge is -1.97. The third-order valence-electron chi connectivity index (χ3n) is 1.85. The van der Waals surface area contributed by atoms with Crippen LogP contribution in [0.5, 0.6) is 0 Å². The molecule has 2 heterocycles. The number of nitrogens with one attached hydrogen (secondary N) is 1. The van der Waals surface area contributed by atoms with Crippen molar-refractivity contribution in [3.63, 3.8) is 0 Å². The molecule has 72 valence electrons. The van der Waals surface area contributed by atoms with Crippen LogP contribution in [0, 0.1) is 3.57 Å². The molecule has 2 rings (SSSR count). The molecule has 0 aromatic carbocycles. The van der Waals surface area contributed by atoms with Crippen molar-refractivity contribution < 1.29 is 0 Å². The van der Waals surface area contributed by atoms with Crippen LogP contribution < -0.4 is 0 Å². The molecule has 0 aliphatic carbocycles. The molecule has 0 fully saturated rings. The number of rotatable bonds is 3. The van der Waals surface area contributed by atoms with Gasteiger partial charge in [0.15, 0.2) is 0 Å². The summed E-state index contributed by atoms with van der Waals surface area (Å²) in [6.45, 7) is 0. The number of hydrogen-bond donors (Lipinski definition) is 1. The Bertz CT molecular complexity index is 382. The number of aromatic amines is 1. The predicted octanol–water partition coefficient (Wildman–Crippen LogP) is 1.59. The van der Waals surface area contributed by atoms with E-state index in [2.05, 4.69) is 42.8 Å². The first-order chi connectivity index (χ1) is 6.84. The summed E-state index contributed by atoms with van der Waals surface area (Å²) in [6.07, 6.45) is 7.16. The Balaban J connectivity index is 1.95. The van der Waals surface area contributed by atoms with Gasteiger partial charge in [-0.25, -0.2) is 9.97 Å². The Morgan fingerprint density at radius 1 is 1.21 bits per heavy atom. The molecule has 0 saturated carbocycles. The van der Waals surface area contributed by atoms with Crippen LogP contribution in [0.15, 0.2) is 24.7 Å². The van der Waals surface area contributed by atoms with Gasteiger partial charge < -0.3 is 0 Å². The average molecular weight is 300 g/mol. The Kier molecular flexibility index (Phi) is 3.07. The predicted molar refractivity (Wildman–Crippen MR) is 60.7 cm³/mol. The molecule has 4 nitrogen and oxygen atoms in total. The molecule has 0 aliphatic rings. The molecule has 0 bridgehead atoms. The third kappa shape index (κ3) is 2.50. The second-order valence-corrected chi connectivity index (χ2v) is 4.15. The van der Waals surface area contributed by atoms with E-state index in [1.54, 1.807) is 6.20 Å². The molecule has 0 radical (unpaired) electrons. The van der Waals surface area contributed by atoms with E-state index in [4.69, 9.17) is 0 Å². The lowest BCUT2D eigenvalue weighted by atomic mass is 10.2. The Hall–Kier alpha value is -0.980. The fourth-order valence-electron chi connectivity index (χ4n) is 1.14. The SMILES string of the molecule is Ic1cnc(CCc2ccn[nH]2)nc1. The largest absolute Gasteiger partial charge is 0.283 e. The zero-order valence-corrected chi connectivity index (χ0v) is 9.60. The van der Waals surface area contributed by atoms with Crippen molar-refractivity contribution in [2.45, 2.75) is 12.8 Å². The summed E-state index contributed by atoms with van der Waals surface area (Å²) < 4.78 is 1.06. The fourth-order valence-corrected chi connectivity index (χ4v) is 1.42. The lowest BCUT2D eigenvalue weighted by Crippen LogP contribution is -1.98. The summed E-state index contributed by atoms with van der Waals surface area (Å²) in [7, 11) is 0. The van der Waals surface area contributed by atoms with Gasteiger partial charge in [0, 0.05) is 34.3 Å². The summed E-state index contributed by atoms with van der Waals surface area (Å²) >= 11 is 2.19. The van der Waals surface area contributed by atoms with Gasteiger partial charge in [0.05, 0.1) is 0 Å². The van der Waals surface area contributed by atoms with Gasteiger partial charge in [0.2, 0.25) is 0 Å². The summed E-state index contributed by atoms with van der Waals surface area (Å²) in [5.74, 6) is 0.875. The Morgan fingerprint density at radius 2 is 2.00 bits per heavy atom. The molecular formula is C9H9IN4. The molecule has 0 atom stereocenters. The zero-order valence-electron chi connectivity index (χ0n) is 7.44. The van der Waals surface area contributed by atoms with Crippen molar-refractivity contribution >= 4 is 22.6 Å². The molecule has 5 heteroatoms. The van der Waals surface area contributed by atoms with Crippen LogP contribution in [0.25, 0.3) is 0 Å². The van der Waals surface area contributed by atoms with Gasteiger partial charge in [-0.15, -0.1) is 0 Å². The lowest BCUT2D eigenvalue weighted by molar-refractivity contribution is 0.825. The minimum Gasteiger partial charge on any atom is -0.283 e. The van der Waals surface area contributed by atoms with E-state index >= 15 is 0 Å². The van der Waals surface area contributed by atoms with Crippen molar-refractivity contribution in [2.24, 2.45) is 0 Å². The van der Waals surface area contributed by atoms with Crippen molar-refractivity contribution in [2.75, 3.05) is 0 Å². The van der Waals surface area contributed by atoms with E-state index in [1.807, 2.05) is 18.5 Å². The Morgan fingerprint density at radius 3 is 2.64 bits per heavy atom.